The first-order chi connectivity index (χ1) is 38.3. The second-order valence-electron chi connectivity index (χ2n) is 22.4. The van der Waals surface area contributed by atoms with Gasteiger partial charge in [-0.05, 0) is 136 Å². The molecule has 0 spiro atoms. The van der Waals surface area contributed by atoms with Gasteiger partial charge in [0.15, 0.2) is 0 Å². The lowest BCUT2D eigenvalue weighted by Gasteiger charge is -2.42. The van der Waals surface area contributed by atoms with E-state index in [1.54, 1.807) is 0 Å². The third kappa shape index (κ3) is 6.92. The lowest BCUT2D eigenvalue weighted by molar-refractivity contribution is 0.591. The van der Waals surface area contributed by atoms with Crippen molar-refractivity contribution in [3.63, 3.8) is 0 Å². The van der Waals surface area contributed by atoms with E-state index in [9.17, 15) is 0 Å². The van der Waals surface area contributed by atoms with Crippen molar-refractivity contribution < 1.29 is 0 Å². The van der Waals surface area contributed by atoms with Crippen molar-refractivity contribution in [3.05, 3.63) is 260 Å². The van der Waals surface area contributed by atoms with E-state index in [0.29, 0.717) is 0 Å². The van der Waals surface area contributed by atoms with Gasteiger partial charge in [-0.2, -0.15) is 0 Å². The summed E-state index contributed by atoms with van der Waals surface area (Å²) in [6.45, 7) is 6.86. The quantitative estimate of drug-likeness (QED) is 0.121. The van der Waals surface area contributed by atoms with E-state index in [2.05, 4.69) is 285 Å². The van der Waals surface area contributed by atoms with Gasteiger partial charge in [0, 0.05) is 48.8 Å². The zero-order valence-corrected chi connectivity index (χ0v) is 44.4. The number of hydrogen-bond acceptors (Lipinski definition) is 2. The van der Waals surface area contributed by atoms with Gasteiger partial charge in [-0.3, -0.25) is 0 Å². The highest BCUT2D eigenvalue weighted by Crippen LogP contribution is 2.51. The van der Waals surface area contributed by atoms with Crippen molar-refractivity contribution in [3.8, 4) is 50.2 Å². The number of para-hydroxylation sites is 3. The lowest BCUT2D eigenvalue weighted by atomic mass is 9.34. The van der Waals surface area contributed by atoms with Crippen molar-refractivity contribution in [1.29, 1.82) is 0 Å². The Bertz CT molecular complexity index is 4570. The van der Waals surface area contributed by atoms with E-state index in [-0.39, 0.29) is 12.1 Å². The second kappa shape index (κ2) is 17.2. The van der Waals surface area contributed by atoms with Crippen molar-refractivity contribution >= 4 is 106 Å². The SMILES string of the molecule is CC(C)(C)c1cc2ccc3cc(-c4ccc5c(c4)B4c6cc(-c7ccccc7)ccc6N(c6c(-c7ccccc7)cccc6-c6ccccc6)c6cc(-n7c8ccccc8c8ccccc87)cc(c64)S5)cc4ccc(c1)c2c34. The number of benzene rings is 13. The Hall–Kier alpha value is -9.09. The molecule has 1 aromatic heterocycles. The first kappa shape index (κ1) is 45.1. The van der Waals surface area contributed by atoms with Gasteiger partial charge in [-0.15, -0.1) is 0 Å². The normalized spacial score (nSPS) is 13.0. The molecule has 0 unspecified atom stereocenters. The van der Waals surface area contributed by atoms with Crippen molar-refractivity contribution in [1.82, 2.24) is 4.57 Å². The summed E-state index contributed by atoms with van der Waals surface area (Å²) in [4.78, 5) is 5.19. The van der Waals surface area contributed by atoms with Crippen LogP contribution >= 0.6 is 11.8 Å². The maximum absolute atomic E-state index is 2.64. The Kier molecular flexibility index (Phi) is 9.96. The molecule has 2 nitrogen and oxygen atoms in total. The highest BCUT2D eigenvalue weighted by Gasteiger charge is 2.43. The van der Waals surface area contributed by atoms with Crippen LogP contribution in [0.2, 0.25) is 0 Å². The summed E-state index contributed by atoms with van der Waals surface area (Å²) >= 11 is 1.92. The van der Waals surface area contributed by atoms with Gasteiger partial charge in [-0.25, -0.2) is 0 Å². The molecule has 4 heteroatoms. The smallest absolute Gasteiger partial charge is 0.249 e. The number of nitrogens with zero attached hydrogens (tertiary/aromatic N) is 2. The van der Waals surface area contributed by atoms with Gasteiger partial charge in [-0.1, -0.05) is 244 Å². The molecule has 0 radical (unpaired) electrons. The molecule has 0 fully saturated rings. The highest BCUT2D eigenvalue weighted by molar-refractivity contribution is 8.00. The Balaban J connectivity index is 0.978. The number of aromatic nitrogens is 1. The summed E-state index contributed by atoms with van der Waals surface area (Å²) in [5, 5.41) is 10.4. The van der Waals surface area contributed by atoms with Crippen LogP contribution in [0.3, 0.4) is 0 Å². The topological polar surface area (TPSA) is 8.17 Å². The van der Waals surface area contributed by atoms with Gasteiger partial charge >= 0.3 is 0 Å². The molecule has 0 atom stereocenters. The largest absolute Gasteiger partial charge is 0.310 e. The van der Waals surface area contributed by atoms with Crippen LogP contribution in [0.25, 0.3) is 104 Å². The average Bonchev–Trinajstić information content (AvgIpc) is 3.84. The van der Waals surface area contributed by atoms with Gasteiger partial charge in [0.25, 0.3) is 0 Å². The first-order valence-electron chi connectivity index (χ1n) is 27.3. The molecule has 3 heterocycles. The molecular formula is C74H51BN2S. The third-order valence-corrected chi connectivity index (χ3v) is 18.0. The second-order valence-corrected chi connectivity index (χ2v) is 23.5. The van der Waals surface area contributed by atoms with E-state index in [1.165, 1.54) is 142 Å². The molecule has 0 N–H and O–H groups in total. The van der Waals surface area contributed by atoms with Crippen LogP contribution < -0.4 is 21.3 Å². The Morgan fingerprint density at radius 3 is 1.47 bits per heavy atom. The van der Waals surface area contributed by atoms with Crippen molar-refractivity contribution in [2.45, 2.75) is 36.0 Å². The van der Waals surface area contributed by atoms with E-state index in [1.807, 2.05) is 11.8 Å². The van der Waals surface area contributed by atoms with Crippen LogP contribution in [0.5, 0.6) is 0 Å². The zero-order chi connectivity index (χ0) is 51.8. The standard InChI is InChI=1S/C74H51BN2S/c1-74(2,3)56-40-53-32-30-51-38-55(39-52-31-33-54(41-56)71(53)70(51)52)50-35-37-68-63(43-50)75-62-42-49(46-18-7-4-8-19-46)34-36-66(62)77(73-58(47-20-9-5-10-21-47)26-17-27-59(73)48-22-11-6-12-23-48)67-44-57(45-69(78-68)72(67)75)76-64-28-15-13-24-60(64)61-25-14-16-29-65(61)76/h4-45H,1-3H3. The van der Waals surface area contributed by atoms with Crippen LogP contribution in [-0.4, -0.2) is 11.3 Å². The molecule has 0 aliphatic carbocycles. The van der Waals surface area contributed by atoms with Crippen LogP contribution in [0.4, 0.5) is 17.1 Å². The molecule has 2 aliphatic heterocycles. The molecule has 0 saturated heterocycles. The summed E-state index contributed by atoms with van der Waals surface area (Å²) in [5.74, 6) is 0. The zero-order valence-electron chi connectivity index (χ0n) is 43.6. The number of rotatable bonds is 6. The van der Waals surface area contributed by atoms with E-state index in [4.69, 9.17) is 0 Å². The Labute approximate surface area is 459 Å². The average molecular weight is 1010 g/mol. The summed E-state index contributed by atoms with van der Waals surface area (Å²) in [6.07, 6.45) is 0. The fourth-order valence-electron chi connectivity index (χ4n) is 13.2. The third-order valence-electron chi connectivity index (χ3n) is 16.9. The molecule has 366 valence electrons. The maximum atomic E-state index is 2.64. The molecule has 2 aliphatic rings. The summed E-state index contributed by atoms with van der Waals surface area (Å²) in [6, 6.07) is 96.2. The fraction of sp³-hybridized carbons (Fsp3) is 0.0541. The fourth-order valence-corrected chi connectivity index (χ4v) is 14.4. The molecule has 16 rings (SSSR count). The highest BCUT2D eigenvalue weighted by atomic mass is 32.2. The van der Waals surface area contributed by atoms with Gasteiger partial charge in [0.2, 0.25) is 6.71 Å². The summed E-state index contributed by atoms with van der Waals surface area (Å²) in [5.41, 5.74) is 22.0. The van der Waals surface area contributed by atoms with Crippen molar-refractivity contribution in [2.75, 3.05) is 4.90 Å². The molecule has 14 aromatic rings. The first-order valence-corrected chi connectivity index (χ1v) is 28.1. The van der Waals surface area contributed by atoms with Crippen LogP contribution in [0.15, 0.2) is 265 Å². The van der Waals surface area contributed by atoms with Crippen molar-refractivity contribution in [2.24, 2.45) is 0 Å². The van der Waals surface area contributed by atoms with Crippen LogP contribution in [0.1, 0.15) is 26.3 Å². The number of fused-ring (bicyclic) bond motifs is 7. The van der Waals surface area contributed by atoms with Gasteiger partial charge in [0.05, 0.1) is 16.7 Å². The molecule has 13 aromatic carbocycles. The maximum Gasteiger partial charge on any atom is 0.249 e. The molecular weight excluding hydrogens is 960 g/mol. The molecule has 0 amide bonds. The van der Waals surface area contributed by atoms with Crippen LogP contribution in [0, 0.1) is 0 Å². The Morgan fingerprint density at radius 1 is 0.372 bits per heavy atom. The predicted molar refractivity (Wildman–Crippen MR) is 335 cm³/mol. The molecule has 78 heavy (non-hydrogen) atoms. The monoisotopic (exact) mass is 1010 g/mol. The molecule has 0 saturated carbocycles. The molecule has 0 bridgehead atoms. The minimum Gasteiger partial charge on any atom is -0.310 e. The van der Waals surface area contributed by atoms with E-state index < -0.39 is 0 Å². The lowest BCUT2D eigenvalue weighted by Crippen LogP contribution is -2.60. The minimum atomic E-state index is -0.0698. The Morgan fingerprint density at radius 2 is 0.885 bits per heavy atom. The summed E-state index contributed by atoms with van der Waals surface area (Å²) in [7, 11) is 0. The van der Waals surface area contributed by atoms with Gasteiger partial charge in [0.1, 0.15) is 0 Å². The van der Waals surface area contributed by atoms with E-state index >= 15 is 0 Å². The predicted octanol–water partition coefficient (Wildman–Crippen LogP) is 18.4. The van der Waals surface area contributed by atoms with E-state index in [0.717, 1.165) is 11.4 Å². The van der Waals surface area contributed by atoms with Crippen LogP contribution in [-0.2, 0) is 5.41 Å². The number of hydrogen-bond donors (Lipinski definition) is 0. The number of anilines is 3. The minimum absolute atomic E-state index is 0.0657. The van der Waals surface area contributed by atoms with Gasteiger partial charge < -0.3 is 9.47 Å². The summed E-state index contributed by atoms with van der Waals surface area (Å²) < 4.78 is 2.50.